The third-order valence-corrected chi connectivity index (χ3v) is 4.99. The van der Waals surface area contributed by atoms with E-state index in [9.17, 15) is 9.18 Å². The molecule has 1 N–H and O–H groups in total. The number of hydrogen-bond acceptors (Lipinski definition) is 5. The lowest BCUT2D eigenvalue weighted by atomic mass is 10.1. The van der Waals surface area contributed by atoms with Crippen LogP contribution in [0.25, 0.3) is 11.3 Å². The molecule has 2 aromatic carbocycles. The smallest absolute Gasteiger partial charge is 0.260 e. The fourth-order valence-electron chi connectivity index (χ4n) is 2.50. The molecule has 0 unspecified atom stereocenters. The highest BCUT2D eigenvalue weighted by atomic mass is 79.9. The van der Waals surface area contributed by atoms with Crippen LogP contribution < -0.4 is 14.8 Å². The second-order valence-corrected chi connectivity index (χ2v) is 7.25. The summed E-state index contributed by atoms with van der Waals surface area (Å²) in [6.07, 6.45) is 0. The number of aromatic nitrogens is 1. The van der Waals surface area contributed by atoms with Gasteiger partial charge in [-0.3, -0.25) is 10.1 Å². The molecule has 132 valence electrons. The molecule has 26 heavy (non-hydrogen) atoms. The number of nitrogens with one attached hydrogen (secondary N) is 1. The van der Waals surface area contributed by atoms with Gasteiger partial charge >= 0.3 is 0 Å². The highest BCUT2D eigenvalue weighted by Gasteiger charge is 2.16. The number of halogens is 2. The molecule has 0 atom stereocenters. The van der Waals surface area contributed by atoms with Crippen molar-refractivity contribution in [1.82, 2.24) is 4.98 Å². The van der Waals surface area contributed by atoms with Gasteiger partial charge in [-0.25, -0.2) is 9.37 Å². The molecule has 2 heterocycles. The van der Waals surface area contributed by atoms with Crippen LogP contribution in [-0.4, -0.2) is 24.1 Å². The molecule has 0 aliphatic carbocycles. The Morgan fingerprint density at radius 1 is 1.15 bits per heavy atom. The number of carbonyl (C=O) groups excluding carboxylic acids is 1. The van der Waals surface area contributed by atoms with E-state index in [0.29, 0.717) is 40.0 Å². The number of rotatable bonds is 3. The van der Waals surface area contributed by atoms with Crippen LogP contribution in [0.5, 0.6) is 11.5 Å². The van der Waals surface area contributed by atoms with Crippen molar-refractivity contribution in [1.29, 1.82) is 0 Å². The Kier molecular flexibility index (Phi) is 4.60. The summed E-state index contributed by atoms with van der Waals surface area (Å²) in [5, 5.41) is 4.84. The van der Waals surface area contributed by atoms with Gasteiger partial charge in [-0.1, -0.05) is 15.9 Å². The molecule has 0 bridgehead atoms. The Balaban J connectivity index is 1.55. The number of amides is 1. The van der Waals surface area contributed by atoms with Crippen LogP contribution in [0.1, 0.15) is 10.4 Å². The van der Waals surface area contributed by atoms with Crippen LogP contribution in [0.4, 0.5) is 9.52 Å². The summed E-state index contributed by atoms with van der Waals surface area (Å²) in [5.41, 5.74) is 1.49. The molecule has 3 aromatic rings. The Morgan fingerprint density at radius 2 is 1.96 bits per heavy atom. The number of nitrogens with zero attached hydrogens (tertiary/aromatic N) is 1. The van der Waals surface area contributed by atoms with E-state index in [4.69, 9.17) is 9.47 Å². The monoisotopic (exact) mass is 434 g/mol. The van der Waals surface area contributed by atoms with E-state index >= 15 is 0 Å². The lowest BCUT2D eigenvalue weighted by molar-refractivity contribution is 0.102. The third kappa shape index (κ3) is 3.42. The van der Waals surface area contributed by atoms with E-state index in [1.807, 2.05) is 23.6 Å². The third-order valence-electron chi connectivity index (χ3n) is 3.74. The molecule has 1 amide bonds. The molecule has 4 rings (SSSR count). The van der Waals surface area contributed by atoms with Crippen LogP contribution in [0.3, 0.4) is 0 Å². The molecule has 8 heteroatoms. The maximum absolute atomic E-state index is 13.8. The fourth-order valence-corrected chi connectivity index (χ4v) is 3.58. The highest BCUT2D eigenvalue weighted by molar-refractivity contribution is 9.10. The van der Waals surface area contributed by atoms with Gasteiger partial charge in [0.2, 0.25) is 0 Å². The molecule has 0 radical (unpaired) electrons. The van der Waals surface area contributed by atoms with E-state index in [-0.39, 0.29) is 5.56 Å². The SMILES string of the molecule is O=C(Nc1nc(-c2ccc3c(c2)OCCO3)cs1)c1cc(Br)ccc1F. The number of anilines is 1. The van der Waals surface area contributed by atoms with Gasteiger partial charge in [0.15, 0.2) is 16.6 Å². The van der Waals surface area contributed by atoms with Gasteiger partial charge in [0.1, 0.15) is 19.0 Å². The summed E-state index contributed by atoms with van der Waals surface area (Å²) in [6.45, 7) is 1.04. The van der Waals surface area contributed by atoms with E-state index in [1.165, 1.54) is 29.5 Å². The molecule has 0 spiro atoms. The van der Waals surface area contributed by atoms with Crippen LogP contribution in [0.15, 0.2) is 46.3 Å². The van der Waals surface area contributed by atoms with Gasteiger partial charge in [-0.15, -0.1) is 11.3 Å². The Hall–Kier alpha value is -2.45. The standard InChI is InChI=1S/C18H12BrFN2O3S/c19-11-2-3-13(20)12(8-11)17(23)22-18-21-14(9-26-18)10-1-4-15-16(7-10)25-6-5-24-15/h1-4,7-9H,5-6H2,(H,21,22,23). The zero-order valence-electron chi connectivity index (χ0n) is 13.3. The maximum atomic E-state index is 13.8. The van der Waals surface area contributed by atoms with Crippen LogP contribution in [0, 0.1) is 5.82 Å². The predicted octanol–water partition coefficient (Wildman–Crippen LogP) is 4.74. The minimum Gasteiger partial charge on any atom is -0.486 e. The first-order valence-electron chi connectivity index (χ1n) is 7.72. The highest BCUT2D eigenvalue weighted by Crippen LogP contribution is 2.35. The fraction of sp³-hybridized carbons (Fsp3) is 0.111. The zero-order valence-corrected chi connectivity index (χ0v) is 15.7. The van der Waals surface area contributed by atoms with Crippen molar-refractivity contribution in [3.63, 3.8) is 0 Å². The number of hydrogen-bond donors (Lipinski definition) is 1. The zero-order chi connectivity index (χ0) is 18.1. The number of ether oxygens (including phenoxy) is 2. The summed E-state index contributed by atoms with van der Waals surface area (Å²) >= 11 is 4.50. The van der Waals surface area contributed by atoms with Gasteiger partial charge in [0.25, 0.3) is 5.91 Å². The van der Waals surface area contributed by atoms with Crippen molar-refractivity contribution in [3.8, 4) is 22.8 Å². The molecule has 5 nitrogen and oxygen atoms in total. The number of thiazole rings is 1. The van der Waals surface area contributed by atoms with E-state index in [2.05, 4.69) is 26.2 Å². The van der Waals surface area contributed by atoms with Gasteiger partial charge < -0.3 is 9.47 Å². The quantitative estimate of drug-likeness (QED) is 0.646. The Labute approximate surface area is 160 Å². The first-order valence-corrected chi connectivity index (χ1v) is 9.39. The maximum Gasteiger partial charge on any atom is 0.260 e. The van der Waals surface area contributed by atoms with Crippen molar-refractivity contribution < 1.29 is 18.7 Å². The Morgan fingerprint density at radius 3 is 2.81 bits per heavy atom. The predicted molar refractivity (Wildman–Crippen MR) is 101 cm³/mol. The van der Waals surface area contributed by atoms with Gasteiger partial charge in [0, 0.05) is 15.4 Å². The van der Waals surface area contributed by atoms with Crippen molar-refractivity contribution in [2.75, 3.05) is 18.5 Å². The average molecular weight is 435 g/mol. The van der Waals surface area contributed by atoms with Gasteiger partial charge in [-0.05, 0) is 36.4 Å². The summed E-state index contributed by atoms with van der Waals surface area (Å²) in [6, 6.07) is 9.76. The average Bonchev–Trinajstić information content (AvgIpc) is 3.11. The van der Waals surface area contributed by atoms with Crippen LogP contribution in [0.2, 0.25) is 0 Å². The summed E-state index contributed by atoms with van der Waals surface area (Å²) in [7, 11) is 0. The van der Waals surface area contributed by atoms with Gasteiger partial charge in [-0.2, -0.15) is 0 Å². The molecular weight excluding hydrogens is 423 g/mol. The molecule has 0 saturated heterocycles. The Bertz CT molecular complexity index is 992. The van der Waals surface area contributed by atoms with Crippen molar-refractivity contribution in [3.05, 3.63) is 57.6 Å². The van der Waals surface area contributed by atoms with E-state index in [1.54, 1.807) is 0 Å². The molecule has 1 aromatic heterocycles. The molecule has 1 aliphatic rings. The summed E-state index contributed by atoms with van der Waals surface area (Å²) in [5.74, 6) is 0.235. The largest absolute Gasteiger partial charge is 0.486 e. The topological polar surface area (TPSA) is 60.5 Å². The second kappa shape index (κ2) is 7.05. The van der Waals surface area contributed by atoms with Crippen molar-refractivity contribution in [2.45, 2.75) is 0 Å². The summed E-state index contributed by atoms with van der Waals surface area (Å²) in [4.78, 5) is 16.7. The van der Waals surface area contributed by atoms with E-state index < -0.39 is 11.7 Å². The number of carbonyl (C=O) groups is 1. The molecule has 0 saturated carbocycles. The minimum atomic E-state index is -0.589. The lowest BCUT2D eigenvalue weighted by Crippen LogP contribution is -2.15. The molecule has 0 fully saturated rings. The molecular formula is C18H12BrFN2O3S. The van der Waals surface area contributed by atoms with Crippen molar-refractivity contribution in [2.24, 2.45) is 0 Å². The number of fused-ring (bicyclic) bond motifs is 1. The minimum absolute atomic E-state index is 0.0459. The summed E-state index contributed by atoms with van der Waals surface area (Å²) < 4.78 is 25.5. The normalized spacial score (nSPS) is 12.7. The number of benzene rings is 2. The van der Waals surface area contributed by atoms with E-state index in [0.717, 1.165) is 5.56 Å². The van der Waals surface area contributed by atoms with Crippen LogP contribution in [-0.2, 0) is 0 Å². The van der Waals surface area contributed by atoms with Crippen LogP contribution >= 0.6 is 27.3 Å². The lowest BCUT2D eigenvalue weighted by Gasteiger charge is -2.18. The first-order chi connectivity index (χ1) is 12.6. The first kappa shape index (κ1) is 17.0. The van der Waals surface area contributed by atoms with Crippen molar-refractivity contribution >= 4 is 38.3 Å². The second-order valence-electron chi connectivity index (χ2n) is 5.47. The molecule has 1 aliphatic heterocycles. The van der Waals surface area contributed by atoms with Gasteiger partial charge in [0.05, 0.1) is 11.3 Å².